The Bertz CT molecular complexity index is 1730. The number of rotatable bonds is 66. The highest BCUT2D eigenvalue weighted by Gasteiger charge is 2.22. The average molecular weight is 1200 g/mol. The predicted molar refractivity (Wildman–Crippen MR) is 366 cm³/mol. The molecule has 0 amide bonds. The number of carboxylic acid groups (broad SMARTS) is 1. The molecule has 0 radical (unpaired) electrons. The number of hydrogen-bond acceptors (Lipinski definition) is 8. The maximum Gasteiger partial charge on any atom is 0.306 e. The molecule has 0 saturated heterocycles. The summed E-state index contributed by atoms with van der Waals surface area (Å²) in [4.78, 5) is 37.5. The number of likely N-dealkylation sites (N-methyl/N-ethyl adjacent to an activating group) is 1. The van der Waals surface area contributed by atoms with E-state index in [1.54, 1.807) is 0 Å². The Hall–Kier alpha value is -3.79. The van der Waals surface area contributed by atoms with Crippen molar-refractivity contribution in [3.63, 3.8) is 0 Å². The van der Waals surface area contributed by atoms with Crippen molar-refractivity contribution in [2.24, 2.45) is 0 Å². The first-order chi connectivity index (χ1) is 42.1. The summed E-state index contributed by atoms with van der Waals surface area (Å²) in [6.07, 6.45) is 89.3. The van der Waals surface area contributed by atoms with E-state index in [2.05, 4.69) is 111 Å². The van der Waals surface area contributed by atoms with Crippen LogP contribution in [0.15, 0.2) is 97.2 Å². The fraction of sp³-hybridized carbons (Fsp3) is 0.753. The summed E-state index contributed by atoms with van der Waals surface area (Å²) < 4.78 is 22.8. The zero-order chi connectivity index (χ0) is 62.6. The molecule has 2 unspecified atom stereocenters. The van der Waals surface area contributed by atoms with Gasteiger partial charge in [-0.25, -0.2) is 0 Å². The largest absolute Gasteiger partial charge is 0.545 e. The minimum absolute atomic E-state index is 0.139. The van der Waals surface area contributed by atoms with Crippen LogP contribution in [0.3, 0.4) is 0 Å². The molecule has 2 atom stereocenters. The van der Waals surface area contributed by atoms with Gasteiger partial charge in [0.05, 0.1) is 40.3 Å². The van der Waals surface area contributed by atoms with Crippen LogP contribution in [0.4, 0.5) is 0 Å². The Balaban J connectivity index is 4.15. The third-order valence-electron chi connectivity index (χ3n) is 15.6. The number of ether oxygens (including phenoxy) is 4. The molecule has 0 fully saturated rings. The zero-order valence-corrected chi connectivity index (χ0v) is 56.7. The molecule has 0 rings (SSSR count). The molecule has 496 valence electrons. The molecule has 0 aromatic carbocycles. The fourth-order valence-electron chi connectivity index (χ4n) is 10.1. The number of carbonyl (C=O) groups is 3. The van der Waals surface area contributed by atoms with E-state index in [1.165, 1.54) is 186 Å². The summed E-state index contributed by atoms with van der Waals surface area (Å²) in [7, 11) is 5.92. The maximum atomic E-state index is 12.9. The Kier molecular flexibility index (Phi) is 64.2. The number of carbonyl (C=O) groups excluding carboxylic acids is 3. The standard InChI is InChI=1S/C77H135NO8/c1-6-8-10-12-14-16-18-20-22-24-26-28-30-32-34-36-37-38-40-41-43-45-47-49-51-53-55-57-59-61-63-65-67-74(79)84-71-73(72-85-77(76(81)82)83-70-69-78(3,4)5)86-75(80)68-66-64-62-60-58-56-54-52-50-48-46-44-42-39-35-33-31-29-27-25-23-21-19-17-15-13-11-9-7-2/h9,11,15,17,21,23,27,29,33,35,42,44,48,50,54,56,73,77H,6-8,10,12-14,16,18-20,22,24-26,28,30-32,34,36-41,43,45-47,49,51-53,55,57-72H2,1-5H3/b11-9-,17-15-,23-21-,29-27-,35-33-,44-42-,50-48-,56-54-. The molecule has 0 aromatic rings. The van der Waals surface area contributed by atoms with E-state index in [0.717, 1.165) is 96.3 Å². The minimum atomic E-state index is -1.63. The highest BCUT2D eigenvalue weighted by molar-refractivity contribution is 5.70. The third kappa shape index (κ3) is 67.7. The second-order valence-electron chi connectivity index (χ2n) is 25.2. The van der Waals surface area contributed by atoms with Crippen LogP contribution in [-0.4, -0.2) is 82.3 Å². The summed E-state index contributed by atoms with van der Waals surface area (Å²) in [5.74, 6) is -2.31. The number of aliphatic carboxylic acids is 1. The summed E-state index contributed by atoms with van der Waals surface area (Å²) in [5.41, 5.74) is 0. The quantitative estimate of drug-likeness (QED) is 0.0195. The van der Waals surface area contributed by atoms with Crippen LogP contribution in [-0.2, 0) is 33.3 Å². The smallest absolute Gasteiger partial charge is 0.306 e. The van der Waals surface area contributed by atoms with Gasteiger partial charge in [0, 0.05) is 12.8 Å². The summed E-state index contributed by atoms with van der Waals surface area (Å²) in [6, 6.07) is 0. The van der Waals surface area contributed by atoms with Crippen molar-refractivity contribution in [1.29, 1.82) is 0 Å². The van der Waals surface area contributed by atoms with Crippen molar-refractivity contribution in [3.8, 4) is 0 Å². The van der Waals surface area contributed by atoms with Gasteiger partial charge in [0.1, 0.15) is 13.2 Å². The van der Waals surface area contributed by atoms with E-state index in [4.69, 9.17) is 18.9 Å². The number of nitrogens with zero attached hydrogens (tertiary/aromatic N) is 1. The maximum absolute atomic E-state index is 12.9. The lowest BCUT2D eigenvalue weighted by Crippen LogP contribution is -2.44. The van der Waals surface area contributed by atoms with Crippen LogP contribution in [0.2, 0.25) is 0 Å². The second kappa shape index (κ2) is 67.1. The average Bonchev–Trinajstić information content (AvgIpc) is 3.64. The molecule has 0 aliphatic rings. The minimum Gasteiger partial charge on any atom is -0.545 e. The predicted octanol–water partition coefficient (Wildman–Crippen LogP) is 21.1. The molecule has 0 aliphatic carbocycles. The number of quaternary nitrogens is 1. The molecule has 9 nitrogen and oxygen atoms in total. The van der Waals surface area contributed by atoms with Gasteiger partial charge in [0.25, 0.3) is 0 Å². The van der Waals surface area contributed by atoms with E-state index in [9.17, 15) is 19.5 Å². The highest BCUT2D eigenvalue weighted by Crippen LogP contribution is 2.18. The lowest BCUT2D eigenvalue weighted by molar-refractivity contribution is -0.870. The number of carboxylic acids is 1. The first-order valence-corrected chi connectivity index (χ1v) is 35.9. The van der Waals surface area contributed by atoms with Gasteiger partial charge >= 0.3 is 11.9 Å². The Labute approximate surface area is 531 Å². The molecule has 0 bridgehead atoms. The van der Waals surface area contributed by atoms with Crippen molar-refractivity contribution in [1.82, 2.24) is 0 Å². The van der Waals surface area contributed by atoms with E-state index in [0.29, 0.717) is 17.4 Å². The highest BCUT2D eigenvalue weighted by atomic mass is 16.7. The number of allylic oxidation sites excluding steroid dienone is 16. The van der Waals surface area contributed by atoms with Crippen LogP contribution in [0.25, 0.3) is 0 Å². The lowest BCUT2D eigenvalue weighted by Gasteiger charge is -2.26. The van der Waals surface area contributed by atoms with Crippen molar-refractivity contribution in [2.45, 2.75) is 328 Å². The molecule has 0 aromatic heterocycles. The number of hydrogen-bond donors (Lipinski definition) is 0. The van der Waals surface area contributed by atoms with Crippen molar-refractivity contribution < 1.29 is 42.9 Å². The molecule has 0 aliphatic heterocycles. The first kappa shape index (κ1) is 82.2. The Morgan fingerprint density at radius 1 is 0.360 bits per heavy atom. The summed E-state index contributed by atoms with van der Waals surface area (Å²) >= 11 is 0. The van der Waals surface area contributed by atoms with Gasteiger partial charge in [0.15, 0.2) is 12.4 Å². The molecule has 86 heavy (non-hydrogen) atoms. The molecular weight excluding hydrogens is 1070 g/mol. The normalized spacial score (nSPS) is 13.3. The molecule has 0 heterocycles. The van der Waals surface area contributed by atoms with E-state index in [1.807, 2.05) is 21.1 Å². The van der Waals surface area contributed by atoms with Gasteiger partial charge in [0.2, 0.25) is 0 Å². The van der Waals surface area contributed by atoms with Gasteiger partial charge in [-0.3, -0.25) is 9.59 Å². The third-order valence-corrected chi connectivity index (χ3v) is 15.6. The SMILES string of the molecule is CC/C=C\C/C=C\C/C=C\C/C=C\C/C=C\C/C=C\C/C=C\C/C=C\CCCCCCC(=O)OC(COC(=O)CCCCCCCCCCCCCCCCCCCCCCCCCCCCCCCCCC)COC(OCC[N+](C)(C)C)C(=O)[O-]. The monoisotopic (exact) mass is 1200 g/mol. The van der Waals surface area contributed by atoms with Crippen molar-refractivity contribution in [2.75, 3.05) is 47.5 Å². The molecule has 0 spiro atoms. The molecule has 0 saturated carbocycles. The fourth-order valence-corrected chi connectivity index (χ4v) is 10.1. The molecular formula is C77H135NO8. The summed E-state index contributed by atoms with van der Waals surface area (Å²) in [6.45, 7) is 4.64. The van der Waals surface area contributed by atoms with Gasteiger partial charge in [-0.1, -0.05) is 323 Å². The van der Waals surface area contributed by atoms with E-state index < -0.39 is 24.3 Å². The van der Waals surface area contributed by atoms with Crippen LogP contribution in [0.1, 0.15) is 316 Å². The Morgan fingerprint density at radius 2 is 0.663 bits per heavy atom. The van der Waals surface area contributed by atoms with Gasteiger partial charge in [-0.05, 0) is 77.0 Å². The van der Waals surface area contributed by atoms with E-state index >= 15 is 0 Å². The first-order valence-electron chi connectivity index (χ1n) is 35.9. The topological polar surface area (TPSA) is 111 Å². The van der Waals surface area contributed by atoms with Crippen molar-refractivity contribution in [3.05, 3.63) is 97.2 Å². The molecule has 9 heteroatoms. The second-order valence-corrected chi connectivity index (χ2v) is 25.2. The number of esters is 2. The Morgan fingerprint density at radius 3 is 0.988 bits per heavy atom. The van der Waals surface area contributed by atoms with Crippen LogP contribution < -0.4 is 5.11 Å². The summed E-state index contributed by atoms with van der Waals surface area (Å²) in [5, 5.41) is 11.8. The van der Waals surface area contributed by atoms with Crippen LogP contribution >= 0.6 is 0 Å². The van der Waals surface area contributed by atoms with Gasteiger partial charge in [-0.2, -0.15) is 0 Å². The lowest BCUT2D eigenvalue weighted by atomic mass is 10.0. The van der Waals surface area contributed by atoms with Crippen LogP contribution in [0, 0.1) is 0 Å². The van der Waals surface area contributed by atoms with E-state index in [-0.39, 0.29) is 38.6 Å². The molecule has 0 N–H and O–H groups in total. The van der Waals surface area contributed by atoms with Gasteiger partial charge in [-0.15, -0.1) is 0 Å². The number of unbranched alkanes of at least 4 members (excludes halogenated alkanes) is 35. The van der Waals surface area contributed by atoms with Crippen molar-refractivity contribution >= 4 is 17.9 Å². The zero-order valence-electron chi connectivity index (χ0n) is 56.7. The van der Waals surface area contributed by atoms with Crippen LogP contribution in [0.5, 0.6) is 0 Å². The van der Waals surface area contributed by atoms with Gasteiger partial charge < -0.3 is 33.3 Å².